The number of rotatable bonds is 5. The van der Waals surface area contributed by atoms with Crippen LogP contribution in [0.3, 0.4) is 0 Å². The van der Waals surface area contributed by atoms with E-state index in [1.807, 2.05) is 36.4 Å². The Balaban J connectivity index is 1.32. The first-order valence-corrected chi connectivity index (χ1v) is 10.9. The second-order valence-electron chi connectivity index (χ2n) is 9.26. The van der Waals surface area contributed by atoms with Crippen LogP contribution >= 0.6 is 0 Å². The van der Waals surface area contributed by atoms with E-state index in [4.69, 9.17) is 14.5 Å². The number of anilines is 1. The van der Waals surface area contributed by atoms with Crippen molar-refractivity contribution in [1.82, 2.24) is 34.4 Å². The molecule has 2 unspecified atom stereocenters. The molecule has 0 spiro atoms. The minimum Gasteiger partial charge on any atom is -0.474 e. The van der Waals surface area contributed by atoms with E-state index in [0.717, 1.165) is 12.8 Å². The van der Waals surface area contributed by atoms with Gasteiger partial charge in [-0.2, -0.15) is 9.97 Å². The fourth-order valence-corrected chi connectivity index (χ4v) is 4.39. The van der Waals surface area contributed by atoms with Gasteiger partial charge in [0.2, 0.25) is 11.8 Å². The van der Waals surface area contributed by atoms with Crippen LogP contribution in [-0.2, 0) is 11.3 Å². The molecule has 170 valence electrons. The van der Waals surface area contributed by atoms with Gasteiger partial charge in [0, 0.05) is 25.5 Å². The van der Waals surface area contributed by atoms with Crippen molar-refractivity contribution in [3.8, 4) is 5.88 Å². The number of hydrogen-bond acceptors (Lipinski definition) is 8. The Morgan fingerprint density at radius 2 is 2.00 bits per heavy atom. The summed E-state index contributed by atoms with van der Waals surface area (Å²) in [4.78, 5) is 37.5. The SMILES string of the molecule is CC(C)(C)OC(=O)N1C2CCC1CN(c1nc(OCCn3ccnc3)c3[nH]cnc3n1)C2. The Bertz CT molecular complexity index is 1080. The summed E-state index contributed by atoms with van der Waals surface area (Å²) in [6.07, 6.45) is 8.62. The predicted molar refractivity (Wildman–Crippen MR) is 117 cm³/mol. The molecular formula is C21H28N8O3. The zero-order valence-electron chi connectivity index (χ0n) is 18.6. The van der Waals surface area contributed by atoms with Crippen molar-refractivity contribution in [3.05, 3.63) is 25.0 Å². The third-order valence-electron chi connectivity index (χ3n) is 5.76. The summed E-state index contributed by atoms with van der Waals surface area (Å²) in [6, 6.07) is 0.153. The van der Waals surface area contributed by atoms with Gasteiger partial charge in [-0.15, -0.1) is 0 Å². The van der Waals surface area contributed by atoms with Crippen LogP contribution in [0, 0.1) is 0 Å². The van der Waals surface area contributed by atoms with E-state index in [9.17, 15) is 4.79 Å². The number of H-pyrrole nitrogens is 1. The highest BCUT2D eigenvalue weighted by Gasteiger charge is 2.45. The zero-order chi connectivity index (χ0) is 22.3. The Kier molecular flexibility index (Phi) is 5.10. The molecule has 5 rings (SSSR count). The summed E-state index contributed by atoms with van der Waals surface area (Å²) in [5.74, 6) is 1.05. The normalized spacial score (nSPS) is 20.7. The third-order valence-corrected chi connectivity index (χ3v) is 5.76. The summed E-state index contributed by atoms with van der Waals surface area (Å²) < 4.78 is 13.6. The second kappa shape index (κ2) is 7.95. The molecule has 3 aromatic heterocycles. The van der Waals surface area contributed by atoms with Crippen molar-refractivity contribution in [2.45, 2.75) is 57.8 Å². The van der Waals surface area contributed by atoms with Crippen LogP contribution in [0.25, 0.3) is 11.2 Å². The number of imidazole rings is 2. The number of fused-ring (bicyclic) bond motifs is 3. The standard InChI is InChI=1S/C21H28N8O3/c1-21(2,3)32-20(30)29-14-4-5-15(29)11-28(10-14)19-25-17-16(23-12-24-17)18(26-19)31-9-8-27-7-6-22-13-27/h6-7,12-15H,4-5,8-11H2,1-3H3,(H,23,24,25,26). The predicted octanol–water partition coefficient (Wildman–Crippen LogP) is 2.22. The molecule has 1 N–H and O–H groups in total. The molecule has 2 atom stereocenters. The van der Waals surface area contributed by atoms with Gasteiger partial charge in [0.25, 0.3) is 0 Å². The van der Waals surface area contributed by atoms with Crippen molar-refractivity contribution in [3.63, 3.8) is 0 Å². The zero-order valence-corrected chi connectivity index (χ0v) is 18.6. The lowest BCUT2D eigenvalue weighted by Crippen LogP contribution is -2.57. The van der Waals surface area contributed by atoms with Gasteiger partial charge in [-0.3, -0.25) is 4.90 Å². The van der Waals surface area contributed by atoms with Gasteiger partial charge in [0.15, 0.2) is 5.65 Å². The Labute approximate surface area is 185 Å². The van der Waals surface area contributed by atoms with Crippen LogP contribution in [0.15, 0.2) is 25.0 Å². The summed E-state index contributed by atoms with van der Waals surface area (Å²) in [5.41, 5.74) is 0.731. The van der Waals surface area contributed by atoms with Crippen molar-refractivity contribution in [1.29, 1.82) is 0 Å². The smallest absolute Gasteiger partial charge is 0.410 e. The van der Waals surface area contributed by atoms with E-state index in [0.29, 0.717) is 49.2 Å². The minimum atomic E-state index is -0.509. The average molecular weight is 441 g/mol. The number of hydrogen-bond donors (Lipinski definition) is 1. The molecule has 2 aliphatic rings. The van der Waals surface area contributed by atoms with Gasteiger partial charge in [0.05, 0.1) is 31.3 Å². The minimum absolute atomic E-state index is 0.0766. The molecule has 2 fully saturated rings. The maximum absolute atomic E-state index is 12.7. The van der Waals surface area contributed by atoms with E-state index in [1.165, 1.54) is 0 Å². The number of amides is 1. The van der Waals surface area contributed by atoms with E-state index in [1.54, 1.807) is 18.9 Å². The van der Waals surface area contributed by atoms with Crippen molar-refractivity contribution >= 4 is 23.2 Å². The molecule has 1 amide bonds. The number of nitrogens with one attached hydrogen (secondary N) is 1. The Morgan fingerprint density at radius 1 is 1.22 bits per heavy atom. The molecule has 3 aromatic rings. The molecule has 5 heterocycles. The van der Waals surface area contributed by atoms with Gasteiger partial charge >= 0.3 is 6.09 Å². The van der Waals surface area contributed by atoms with E-state index < -0.39 is 5.60 Å². The summed E-state index contributed by atoms with van der Waals surface area (Å²) in [6.45, 7) is 8.09. The lowest BCUT2D eigenvalue weighted by Gasteiger charge is -2.41. The van der Waals surface area contributed by atoms with E-state index >= 15 is 0 Å². The lowest BCUT2D eigenvalue weighted by atomic mass is 10.2. The highest BCUT2D eigenvalue weighted by Crippen LogP contribution is 2.34. The number of nitrogens with zero attached hydrogens (tertiary/aromatic N) is 7. The van der Waals surface area contributed by atoms with Crippen LogP contribution < -0.4 is 9.64 Å². The van der Waals surface area contributed by atoms with Crippen molar-refractivity contribution in [2.75, 3.05) is 24.6 Å². The largest absolute Gasteiger partial charge is 0.474 e. The first-order valence-electron chi connectivity index (χ1n) is 10.9. The number of carbonyl (C=O) groups is 1. The molecule has 0 aromatic carbocycles. The number of aromatic nitrogens is 6. The van der Waals surface area contributed by atoms with E-state index in [2.05, 4.69) is 24.8 Å². The maximum atomic E-state index is 12.7. The monoisotopic (exact) mass is 440 g/mol. The highest BCUT2D eigenvalue weighted by atomic mass is 16.6. The van der Waals surface area contributed by atoms with Gasteiger partial charge in [0.1, 0.15) is 17.7 Å². The molecule has 11 heteroatoms. The van der Waals surface area contributed by atoms with Crippen LogP contribution in [0.5, 0.6) is 5.88 Å². The molecule has 0 radical (unpaired) electrons. The molecule has 0 saturated carbocycles. The third kappa shape index (κ3) is 4.06. The summed E-state index contributed by atoms with van der Waals surface area (Å²) in [5, 5.41) is 0. The number of aromatic amines is 1. The topological polar surface area (TPSA) is 114 Å². The Morgan fingerprint density at radius 3 is 2.69 bits per heavy atom. The van der Waals surface area contributed by atoms with Crippen LogP contribution in [0.2, 0.25) is 0 Å². The van der Waals surface area contributed by atoms with Gasteiger partial charge < -0.3 is 23.9 Å². The second-order valence-corrected chi connectivity index (χ2v) is 9.26. The number of ether oxygens (including phenoxy) is 2. The van der Waals surface area contributed by atoms with Crippen LogP contribution in [0.1, 0.15) is 33.6 Å². The van der Waals surface area contributed by atoms with Gasteiger partial charge in [-0.25, -0.2) is 14.8 Å². The fourth-order valence-electron chi connectivity index (χ4n) is 4.39. The average Bonchev–Trinajstić information content (AvgIpc) is 3.46. The first kappa shape index (κ1) is 20.5. The van der Waals surface area contributed by atoms with Gasteiger partial charge in [-0.1, -0.05) is 0 Å². The molecule has 2 saturated heterocycles. The van der Waals surface area contributed by atoms with E-state index in [-0.39, 0.29) is 18.2 Å². The van der Waals surface area contributed by atoms with Crippen molar-refractivity contribution in [2.24, 2.45) is 0 Å². The number of piperazine rings is 1. The highest BCUT2D eigenvalue weighted by molar-refractivity contribution is 5.77. The first-order chi connectivity index (χ1) is 15.4. The number of carbonyl (C=O) groups excluding carboxylic acids is 1. The fraction of sp³-hybridized carbons (Fsp3) is 0.571. The molecule has 32 heavy (non-hydrogen) atoms. The molecule has 2 bridgehead atoms. The molecule has 0 aliphatic carbocycles. The lowest BCUT2D eigenvalue weighted by molar-refractivity contribution is 0.0122. The van der Waals surface area contributed by atoms with Gasteiger partial charge in [-0.05, 0) is 33.6 Å². The molecular weight excluding hydrogens is 412 g/mol. The Hall–Kier alpha value is -3.37. The molecule has 2 aliphatic heterocycles. The quantitative estimate of drug-likeness (QED) is 0.642. The maximum Gasteiger partial charge on any atom is 0.410 e. The summed E-state index contributed by atoms with van der Waals surface area (Å²) >= 11 is 0. The molecule has 11 nitrogen and oxygen atoms in total. The van der Waals surface area contributed by atoms with Crippen molar-refractivity contribution < 1.29 is 14.3 Å². The van der Waals surface area contributed by atoms with Crippen LogP contribution in [-0.4, -0.2) is 77.9 Å². The van der Waals surface area contributed by atoms with Crippen LogP contribution in [0.4, 0.5) is 10.7 Å². The summed E-state index contributed by atoms with van der Waals surface area (Å²) in [7, 11) is 0.